The Morgan fingerprint density at radius 1 is 1.19 bits per heavy atom. The summed E-state index contributed by atoms with van der Waals surface area (Å²) >= 11 is 0. The highest BCUT2D eigenvalue weighted by molar-refractivity contribution is 5.75. The Morgan fingerprint density at radius 3 is 2.29 bits per heavy atom. The molecule has 0 aromatic heterocycles. The molecule has 21 heavy (non-hydrogen) atoms. The number of hydrogen-bond donors (Lipinski definition) is 3. The SMILES string of the molecule is CN(C)CCCCNC(=O)NC(CC(=O)O)CC(C)(C)C. The Hall–Kier alpha value is -1.30. The highest BCUT2D eigenvalue weighted by atomic mass is 16.4. The number of carbonyl (C=O) groups excluding carboxylic acids is 1. The second kappa shape index (κ2) is 9.60. The van der Waals surface area contributed by atoms with Crippen molar-refractivity contribution in [2.45, 2.75) is 52.5 Å². The molecule has 2 amide bonds. The van der Waals surface area contributed by atoms with Crippen LogP contribution in [0.2, 0.25) is 0 Å². The molecule has 0 heterocycles. The van der Waals surface area contributed by atoms with E-state index in [0.717, 1.165) is 19.4 Å². The Morgan fingerprint density at radius 2 is 1.81 bits per heavy atom. The third-order valence-corrected chi connectivity index (χ3v) is 2.93. The van der Waals surface area contributed by atoms with Gasteiger partial charge in [0.1, 0.15) is 0 Å². The van der Waals surface area contributed by atoms with Gasteiger partial charge in [0.15, 0.2) is 0 Å². The summed E-state index contributed by atoms with van der Waals surface area (Å²) in [5.41, 5.74) is -0.0287. The normalized spacial score (nSPS) is 13.0. The van der Waals surface area contributed by atoms with Gasteiger partial charge in [-0.2, -0.15) is 0 Å². The van der Waals surface area contributed by atoms with Crippen molar-refractivity contribution in [1.82, 2.24) is 15.5 Å². The maximum atomic E-state index is 11.8. The number of unbranched alkanes of at least 4 members (excludes halogenated alkanes) is 1. The lowest BCUT2D eigenvalue weighted by Gasteiger charge is -2.25. The van der Waals surface area contributed by atoms with Crippen LogP contribution in [0.3, 0.4) is 0 Å². The molecule has 0 aromatic carbocycles. The van der Waals surface area contributed by atoms with E-state index in [4.69, 9.17) is 5.11 Å². The maximum Gasteiger partial charge on any atom is 0.315 e. The zero-order chi connectivity index (χ0) is 16.5. The summed E-state index contributed by atoms with van der Waals surface area (Å²) in [5, 5.41) is 14.5. The molecule has 0 saturated heterocycles. The molecule has 0 aliphatic carbocycles. The number of rotatable bonds is 9. The third kappa shape index (κ3) is 13.4. The molecular formula is C15H31N3O3. The van der Waals surface area contributed by atoms with Gasteiger partial charge < -0.3 is 20.6 Å². The fourth-order valence-electron chi connectivity index (χ4n) is 2.12. The predicted octanol–water partition coefficient (Wildman–Crippen LogP) is 1.91. The summed E-state index contributed by atoms with van der Waals surface area (Å²) < 4.78 is 0. The number of nitrogens with one attached hydrogen (secondary N) is 2. The van der Waals surface area contributed by atoms with E-state index >= 15 is 0 Å². The van der Waals surface area contributed by atoms with E-state index in [2.05, 4.69) is 15.5 Å². The molecule has 6 nitrogen and oxygen atoms in total. The lowest BCUT2D eigenvalue weighted by molar-refractivity contribution is -0.137. The number of carboxylic acid groups (broad SMARTS) is 1. The number of amides is 2. The molecule has 1 atom stereocenters. The fraction of sp³-hybridized carbons (Fsp3) is 0.867. The molecule has 0 aromatic rings. The van der Waals surface area contributed by atoms with Crippen LogP contribution < -0.4 is 10.6 Å². The third-order valence-electron chi connectivity index (χ3n) is 2.93. The first-order valence-corrected chi connectivity index (χ1v) is 7.51. The lowest BCUT2D eigenvalue weighted by Crippen LogP contribution is -2.44. The molecule has 0 aliphatic heterocycles. The zero-order valence-electron chi connectivity index (χ0n) is 14.0. The molecule has 1 unspecified atom stereocenters. The Labute approximate surface area is 128 Å². The summed E-state index contributed by atoms with van der Waals surface area (Å²) in [7, 11) is 4.03. The van der Waals surface area contributed by atoms with E-state index in [-0.39, 0.29) is 23.9 Å². The van der Waals surface area contributed by atoms with Crippen molar-refractivity contribution in [2.75, 3.05) is 27.2 Å². The minimum atomic E-state index is -0.893. The van der Waals surface area contributed by atoms with Gasteiger partial charge in [0.05, 0.1) is 6.42 Å². The predicted molar refractivity (Wildman–Crippen MR) is 84.4 cm³/mol. The average Bonchev–Trinajstić information content (AvgIpc) is 2.24. The van der Waals surface area contributed by atoms with Gasteiger partial charge in [-0.1, -0.05) is 20.8 Å². The first-order valence-electron chi connectivity index (χ1n) is 7.51. The molecule has 6 heteroatoms. The Bertz CT molecular complexity index is 325. The van der Waals surface area contributed by atoms with Gasteiger partial charge in [-0.15, -0.1) is 0 Å². The van der Waals surface area contributed by atoms with Crippen LogP contribution in [0.5, 0.6) is 0 Å². The summed E-state index contributed by atoms with van der Waals surface area (Å²) in [6, 6.07) is -0.625. The van der Waals surface area contributed by atoms with Gasteiger partial charge in [0.25, 0.3) is 0 Å². The topological polar surface area (TPSA) is 81.7 Å². The largest absolute Gasteiger partial charge is 0.481 e. The van der Waals surface area contributed by atoms with Crippen LogP contribution in [0, 0.1) is 5.41 Å². The average molecular weight is 301 g/mol. The second-order valence-electron chi connectivity index (χ2n) is 6.97. The van der Waals surface area contributed by atoms with E-state index in [0.29, 0.717) is 13.0 Å². The van der Waals surface area contributed by atoms with Crippen LogP contribution in [-0.2, 0) is 4.79 Å². The van der Waals surface area contributed by atoms with Crippen molar-refractivity contribution in [3.05, 3.63) is 0 Å². The number of carbonyl (C=O) groups is 2. The smallest absolute Gasteiger partial charge is 0.315 e. The van der Waals surface area contributed by atoms with Crippen LogP contribution in [0.15, 0.2) is 0 Å². The van der Waals surface area contributed by atoms with Crippen molar-refractivity contribution in [3.63, 3.8) is 0 Å². The van der Waals surface area contributed by atoms with Crippen molar-refractivity contribution >= 4 is 12.0 Å². The fourth-order valence-corrected chi connectivity index (χ4v) is 2.12. The van der Waals surface area contributed by atoms with Gasteiger partial charge in [-0.3, -0.25) is 4.79 Å². The molecule has 0 aliphatic rings. The second-order valence-corrected chi connectivity index (χ2v) is 6.97. The first-order chi connectivity index (χ1) is 9.60. The monoisotopic (exact) mass is 301 g/mol. The number of aliphatic carboxylic acids is 1. The molecule has 0 radical (unpaired) electrons. The number of hydrogen-bond acceptors (Lipinski definition) is 3. The summed E-state index contributed by atoms with van der Waals surface area (Å²) in [4.78, 5) is 24.8. The van der Waals surface area contributed by atoms with Gasteiger partial charge in [-0.25, -0.2) is 4.79 Å². The van der Waals surface area contributed by atoms with E-state index in [1.807, 2.05) is 34.9 Å². The van der Waals surface area contributed by atoms with Gasteiger partial charge >= 0.3 is 12.0 Å². The molecular weight excluding hydrogens is 270 g/mol. The quantitative estimate of drug-likeness (QED) is 0.568. The molecule has 0 bridgehead atoms. The highest BCUT2D eigenvalue weighted by Crippen LogP contribution is 2.22. The van der Waals surface area contributed by atoms with Crippen LogP contribution >= 0.6 is 0 Å². The van der Waals surface area contributed by atoms with E-state index in [1.165, 1.54) is 0 Å². The summed E-state index contributed by atoms with van der Waals surface area (Å²) in [6.07, 6.45) is 2.51. The van der Waals surface area contributed by atoms with Gasteiger partial charge in [0, 0.05) is 12.6 Å². The highest BCUT2D eigenvalue weighted by Gasteiger charge is 2.22. The molecule has 0 rings (SSSR count). The Kier molecular flexibility index (Phi) is 9.01. The van der Waals surface area contributed by atoms with E-state index in [9.17, 15) is 9.59 Å². The Balaban J connectivity index is 4.07. The van der Waals surface area contributed by atoms with E-state index < -0.39 is 5.97 Å². The van der Waals surface area contributed by atoms with Crippen LogP contribution in [0.1, 0.15) is 46.5 Å². The number of nitrogens with zero attached hydrogens (tertiary/aromatic N) is 1. The molecule has 3 N–H and O–H groups in total. The van der Waals surface area contributed by atoms with Crippen LogP contribution in [-0.4, -0.2) is 55.2 Å². The zero-order valence-corrected chi connectivity index (χ0v) is 14.0. The molecule has 0 saturated carbocycles. The van der Waals surface area contributed by atoms with E-state index in [1.54, 1.807) is 0 Å². The van der Waals surface area contributed by atoms with Crippen molar-refractivity contribution < 1.29 is 14.7 Å². The van der Waals surface area contributed by atoms with Gasteiger partial charge in [-0.05, 0) is 45.3 Å². The van der Waals surface area contributed by atoms with Crippen LogP contribution in [0.25, 0.3) is 0 Å². The molecule has 124 valence electrons. The first kappa shape index (κ1) is 19.7. The van der Waals surface area contributed by atoms with Crippen LogP contribution in [0.4, 0.5) is 4.79 Å². The van der Waals surface area contributed by atoms with Crippen molar-refractivity contribution in [2.24, 2.45) is 5.41 Å². The van der Waals surface area contributed by atoms with Crippen molar-refractivity contribution in [3.8, 4) is 0 Å². The summed E-state index contributed by atoms with van der Waals surface area (Å²) in [6.45, 7) is 7.69. The van der Waals surface area contributed by atoms with Gasteiger partial charge in [0.2, 0.25) is 0 Å². The van der Waals surface area contributed by atoms with Crippen molar-refractivity contribution in [1.29, 1.82) is 0 Å². The summed E-state index contributed by atoms with van der Waals surface area (Å²) in [5.74, 6) is -0.893. The number of carboxylic acids is 1. The molecule has 0 spiro atoms. The maximum absolute atomic E-state index is 11.8. The minimum absolute atomic E-state index is 0.0287. The standard InChI is InChI=1S/C15H31N3O3/c1-15(2,3)11-12(10-13(19)20)17-14(21)16-8-6-7-9-18(4)5/h12H,6-11H2,1-5H3,(H,19,20)(H2,16,17,21). The molecule has 0 fully saturated rings. The number of urea groups is 1. The lowest BCUT2D eigenvalue weighted by atomic mass is 9.87. The minimum Gasteiger partial charge on any atom is -0.481 e.